The Morgan fingerprint density at radius 1 is 1.12 bits per heavy atom. The topological polar surface area (TPSA) is 96.3 Å². The van der Waals surface area contributed by atoms with Crippen LogP contribution in [-0.4, -0.2) is 53.7 Å². The summed E-state index contributed by atoms with van der Waals surface area (Å²) < 4.78 is 10.8. The Morgan fingerprint density at radius 3 is 2.50 bits per heavy atom. The van der Waals surface area contributed by atoms with Crippen molar-refractivity contribution in [3.8, 4) is 11.5 Å². The van der Waals surface area contributed by atoms with Gasteiger partial charge in [0.25, 0.3) is 11.7 Å². The summed E-state index contributed by atoms with van der Waals surface area (Å²) in [6.45, 7) is 5.31. The van der Waals surface area contributed by atoms with Crippen LogP contribution in [-0.2, 0) is 14.3 Å². The number of likely N-dealkylation sites (tertiary alicyclic amines) is 1. The van der Waals surface area contributed by atoms with Gasteiger partial charge in [-0.2, -0.15) is 0 Å². The fourth-order valence-electron chi connectivity index (χ4n) is 3.64. The molecule has 0 spiro atoms. The lowest BCUT2D eigenvalue weighted by Gasteiger charge is -2.25. The number of phenols is 1. The van der Waals surface area contributed by atoms with E-state index in [0.29, 0.717) is 42.4 Å². The SMILES string of the molecule is COCCCN1C(=O)C(=O)/C(=C(\O)c2cccc(OCC(C)C)c2)C1c1ccc(O)cc1. The monoisotopic (exact) mass is 439 g/mol. The highest BCUT2D eigenvalue weighted by atomic mass is 16.5. The average Bonchev–Trinajstić information content (AvgIpc) is 3.03. The zero-order chi connectivity index (χ0) is 23.3. The van der Waals surface area contributed by atoms with E-state index in [9.17, 15) is 19.8 Å². The van der Waals surface area contributed by atoms with Crippen molar-refractivity contribution in [2.45, 2.75) is 26.3 Å². The van der Waals surface area contributed by atoms with Gasteiger partial charge in [-0.25, -0.2) is 0 Å². The van der Waals surface area contributed by atoms with Crippen molar-refractivity contribution in [2.75, 3.05) is 26.9 Å². The van der Waals surface area contributed by atoms with E-state index < -0.39 is 17.7 Å². The second kappa shape index (κ2) is 10.3. The standard InChI is InChI=1S/C25H29NO6/c1-16(2)15-32-20-7-4-6-18(14-20)23(28)21-22(17-8-10-19(27)11-9-17)26(12-5-13-31-3)25(30)24(21)29/h4,6-11,14,16,22,27-28H,5,12-13,15H2,1-3H3/b23-21-. The molecule has 2 aromatic carbocycles. The van der Waals surface area contributed by atoms with E-state index in [2.05, 4.69) is 0 Å². The van der Waals surface area contributed by atoms with Crippen molar-refractivity contribution in [2.24, 2.45) is 5.92 Å². The first kappa shape index (κ1) is 23.3. The third kappa shape index (κ3) is 5.11. The van der Waals surface area contributed by atoms with Crippen LogP contribution in [0.25, 0.3) is 5.76 Å². The van der Waals surface area contributed by atoms with E-state index >= 15 is 0 Å². The first-order chi connectivity index (χ1) is 15.3. The van der Waals surface area contributed by atoms with E-state index in [-0.39, 0.29) is 23.6 Å². The number of aromatic hydroxyl groups is 1. The lowest BCUT2D eigenvalue weighted by molar-refractivity contribution is -0.140. The van der Waals surface area contributed by atoms with Crippen LogP contribution < -0.4 is 4.74 Å². The number of carbonyl (C=O) groups is 2. The quantitative estimate of drug-likeness (QED) is 0.266. The highest BCUT2D eigenvalue weighted by molar-refractivity contribution is 6.46. The molecule has 3 rings (SSSR count). The molecule has 0 bridgehead atoms. The number of rotatable bonds is 9. The van der Waals surface area contributed by atoms with Crippen LogP contribution >= 0.6 is 0 Å². The van der Waals surface area contributed by atoms with E-state index in [1.165, 1.54) is 17.0 Å². The molecule has 1 atom stereocenters. The molecule has 1 saturated heterocycles. The number of aliphatic hydroxyl groups excluding tert-OH is 1. The maximum Gasteiger partial charge on any atom is 0.295 e. The van der Waals surface area contributed by atoms with E-state index in [0.717, 1.165) is 0 Å². The number of benzene rings is 2. The third-order valence-corrected chi connectivity index (χ3v) is 5.19. The molecule has 0 saturated carbocycles. The van der Waals surface area contributed by atoms with Crippen LogP contribution in [0.15, 0.2) is 54.1 Å². The Bertz CT molecular complexity index is 996. The van der Waals surface area contributed by atoms with E-state index in [1.807, 2.05) is 13.8 Å². The summed E-state index contributed by atoms with van der Waals surface area (Å²) in [4.78, 5) is 27.3. The highest BCUT2D eigenvalue weighted by Gasteiger charge is 2.45. The molecule has 7 heteroatoms. The number of phenolic OH excluding ortho intramolecular Hbond substituents is 1. The average molecular weight is 440 g/mol. The second-order valence-corrected chi connectivity index (χ2v) is 8.16. The van der Waals surface area contributed by atoms with Gasteiger partial charge >= 0.3 is 0 Å². The Kier molecular flexibility index (Phi) is 7.53. The summed E-state index contributed by atoms with van der Waals surface area (Å²) in [6, 6.07) is 12.3. The largest absolute Gasteiger partial charge is 0.508 e. The highest BCUT2D eigenvalue weighted by Crippen LogP contribution is 2.40. The molecular formula is C25H29NO6. The Morgan fingerprint density at radius 2 is 1.84 bits per heavy atom. The molecule has 32 heavy (non-hydrogen) atoms. The Labute approximate surface area is 187 Å². The number of nitrogens with zero attached hydrogens (tertiary/aromatic N) is 1. The van der Waals surface area contributed by atoms with Crippen molar-refractivity contribution in [1.82, 2.24) is 4.90 Å². The lowest BCUT2D eigenvalue weighted by atomic mass is 9.95. The smallest absolute Gasteiger partial charge is 0.295 e. The molecule has 170 valence electrons. The normalized spacial score (nSPS) is 17.9. The minimum absolute atomic E-state index is 0.0131. The number of ketones is 1. The predicted molar refractivity (Wildman–Crippen MR) is 120 cm³/mol. The van der Waals surface area contributed by atoms with Crippen molar-refractivity contribution in [3.63, 3.8) is 0 Å². The fraction of sp³-hybridized carbons (Fsp3) is 0.360. The van der Waals surface area contributed by atoms with Gasteiger partial charge in [-0.1, -0.05) is 38.1 Å². The van der Waals surface area contributed by atoms with Crippen LogP contribution in [0.4, 0.5) is 0 Å². The van der Waals surface area contributed by atoms with Crippen molar-refractivity contribution < 1.29 is 29.3 Å². The van der Waals surface area contributed by atoms with Gasteiger partial charge in [-0.15, -0.1) is 0 Å². The minimum atomic E-state index is -0.771. The third-order valence-electron chi connectivity index (χ3n) is 5.19. The molecule has 2 N–H and O–H groups in total. The van der Waals surface area contributed by atoms with Gasteiger partial charge in [0.1, 0.15) is 17.3 Å². The van der Waals surface area contributed by atoms with E-state index in [4.69, 9.17) is 9.47 Å². The van der Waals surface area contributed by atoms with Gasteiger partial charge in [0, 0.05) is 25.8 Å². The molecule has 1 aliphatic heterocycles. The van der Waals surface area contributed by atoms with Gasteiger partial charge in [0.15, 0.2) is 0 Å². The number of hydrogen-bond acceptors (Lipinski definition) is 6. The Balaban J connectivity index is 2.05. The number of carbonyl (C=O) groups excluding carboxylic acids is 2. The van der Waals surface area contributed by atoms with Crippen LogP contribution in [0, 0.1) is 5.92 Å². The van der Waals surface area contributed by atoms with Crippen LogP contribution in [0.5, 0.6) is 11.5 Å². The summed E-state index contributed by atoms with van der Waals surface area (Å²) in [5, 5.41) is 20.8. The van der Waals surface area contributed by atoms with E-state index in [1.54, 1.807) is 43.5 Å². The maximum absolute atomic E-state index is 13.0. The van der Waals surface area contributed by atoms with Gasteiger partial charge in [0.2, 0.25) is 0 Å². The molecule has 2 aromatic rings. The first-order valence-electron chi connectivity index (χ1n) is 10.6. The molecule has 7 nitrogen and oxygen atoms in total. The lowest BCUT2D eigenvalue weighted by Crippen LogP contribution is -2.31. The summed E-state index contributed by atoms with van der Waals surface area (Å²) in [5.74, 6) is -0.706. The van der Waals surface area contributed by atoms with Gasteiger partial charge in [0.05, 0.1) is 18.2 Å². The number of hydrogen-bond donors (Lipinski definition) is 2. The number of aliphatic hydroxyl groups is 1. The van der Waals surface area contributed by atoms with Gasteiger partial charge in [-0.05, 0) is 42.2 Å². The van der Waals surface area contributed by atoms with Crippen LogP contribution in [0.1, 0.15) is 37.4 Å². The number of Topliss-reactive ketones (excluding diaryl/α,β-unsaturated/α-hetero) is 1. The molecule has 1 amide bonds. The summed E-state index contributed by atoms with van der Waals surface area (Å²) in [6.07, 6.45) is 0.538. The van der Waals surface area contributed by atoms with Crippen molar-refractivity contribution in [1.29, 1.82) is 0 Å². The molecule has 1 fully saturated rings. The minimum Gasteiger partial charge on any atom is -0.508 e. The first-order valence-corrected chi connectivity index (χ1v) is 10.6. The molecule has 1 heterocycles. The van der Waals surface area contributed by atoms with Crippen LogP contribution in [0.2, 0.25) is 0 Å². The fourth-order valence-corrected chi connectivity index (χ4v) is 3.64. The summed E-state index contributed by atoms with van der Waals surface area (Å²) in [7, 11) is 1.57. The molecule has 0 aromatic heterocycles. The number of ether oxygens (including phenoxy) is 2. The summed E-state index contributed by atoms with van der Waals surface area (Å²) >= 11 is 0. The zero-order valence-electron chi connectivity index (χ0n) is 18.6. The zero-order valence-corrected chi connectivity index (χ0v) is 18.6. The van der Waals surface area contributed by atoms with Gasteiger partial charge < -0.3 is 24.6 Å². The molecular weight excluding hydrogens is 410 g/mol. The van der Waals surface area contributed by atoms with Crippen molar-refractivity contribution >= 4 is 17.4 Å². The number of methoxy groups -OCH3 is 1. The summed E-state index contributed by atoms with van der Waals surface area (Å²) in [5.41, 5.74) is 1.03. The maximum atomic E-state index is 13.0. The van der Waals surface area contributed by atoms with Gasteiger partial charge in [-0.3, -0.25) is 9.59 Å². The molecule has 1 aliphatic rings. The number of amides is 1. The second-order valence-electron chi connectivity index (χ2n) is 8.16. The Hall–Kier alpha value is -3.32. The predicted octanol–water partition coefficient (Wildman–Crippen LogP) is 3.89. The van der Waals surface area contributed by atoms with Crippen molar-refractivity contribution in [3.05, 3.63) is 65.2 Å². The van der Waals surface area contributed by atoms with Crippen LogP contribution in [0.3, 0.4) is 0 Å². The molecule has 0 aliphatic carbocycles. The molecule has 0 radical (unpaired) electrons. The molecule has 1 unspecified atom stereocenters.